The molecule has 2 aromatic heterocycles. The predicted molar refractivity (Wildman–Crippen MR) is 109 cm³/mol. The smallest absolute Gasteiger partial charge is 0.270 e. The third kappa shape index (κ3) is 3.16. The van der Waals surface area contributed by atoms with E-state index >= 15 is 0 Å². The van der Waals surface area contributed by atoms with Gasteiger partial charge in [0.1, 0.15) is 11.9 Å². The number of fused-ring (bicyclic) bond motifs is 1. The minimum Gasteiger partial charge on any atom is -0.359 e. The lowest BCUT2D eigenvalue weighted by atomic mass is 10.1. The van der Waals surface area contributed by atoms with Crippen molar-refractivity contribution in [2.45, 2.75) is 25.0 Å². The Morgan fingerprint density at radius 1 is 1.11 bits per heavy atom. The van der Waals surface area contributed by atoms with E-state index in [9.17, 15) is 4.79 Å². The Labute approximate surface area is 167 Å². The zero-order valence-electron chi connectivity index (χ0n) is 15.0. The Morgan fingerprint density at radius 2 is 1.93 bits per heavy atom. The second-order valence-electron chi connectivity index (χ2n) is 7.01. The van der Waals surface area contributed by atoms with Crippen molar-refractivity contribution >= 4 is 34.6 Å². The lowest BCUT2D eigenvalue weighted by Gasteiger charge is -2.27. The number of carbonyl (C=O) groups is 1. The molecule has 2 aliphatic rings. The maximum absolute atomic E-state index is 12.2. The fourth-order valence-corrected chi connectivity index (χ4v) is 3.49. The first-order chi connectivity index (χ1) is 13.7. The number of pyridine rings is 2. The lowest BCUT2D eigenvalue weighted by molar-refractivity contribution is 0.0946. The van der Waals surface area contributed by atoms with Crippen molar-refractivity contribution in [2.75, 3.05) is 10.2 Å². The first-order valence-electron chi connectivity index (χ1n) is 9.21. The SMILES string of the molecule is O=C(NC1CC1)c1ccc(C2Nc3ccncc3N2c2ccc(Cl)cc2)cn1. The molecular formula is C21H18ClN5O. The number of carbonyl (C=O) groups excluding carboxylic acids is 1. The van der Waals surface area contributed by atoms with Gasteiger partial charge in [0.05, 0.1) is 17.6 Å². The molecule has 1 atom stereocenters. The molecule has 0 radical (unpaired) electrons. The molecule has 3 heterocycles. The van der Waals surface area contributed by atoms with E-state index in [2.05, 4.69) is 25.5 Å². The average Bonchev–Trinajstić information content (AvgIpc) is 3.45. The maximum atomic E-state index is 12.2. The zero-order chi connectivity index (χ0) is 19.1. The molecular weight excluding hydrogens is 374 g/mol. The topological polar surface area (TPSA) is 70.2 Å². The van der Waals surface area contributed by atoms with Crippen molar-refractivity contribution in [3.8, 4) is 0 Å². The van der Waals surface area contributed by atoms with Gasteiger partial charge in [0.25, 0.3) is 5.91 Å². The Morgan fingerprint density at radius 3 is 2.64 bits per heavy atom. The van der Waals surface area contributed by atoms with Gasteiger partial charge in [0.15, 0.2) is 0 Å². The van der Waals surface area contributed by atoms with Gasteiger partial charge in [0, 0.05) is 34.7 Å². The number of amides is 1. The van der Waals surface area contributed by atoms with E-state index in [0.717, 1.165) is 35.5 Å². The van der Waals surface area contributed by atoms with E-state index in [1.165, 1.54) is 0 Å². The van der Waals surface area contributed by atoms with E-state index in [0.29, 0.717) is 16.8 Å². The lowest BCUT2D eigenvalue weighted by Crippen LogP contribution is -2.27. The van der Waals surface area contributed by atoms with E-state index in [-0.39, 0.29) is 12.1 Å². The molecule has 1 fully saturated rings. The average molecular weight is 392 g/mol. The minimum atomic E-state index is -0.159. The molecule has 1 amide bonds. The standard InChI is InChI=1S/C21H18ClN5O/c22-14-2-6-16(7-3-14)27-19-12-23-10-9-17(19)26-20(27)13-1-8-18(24-11-13)21(28)25-15-4-5-15/h1-3,6-12,15,20,26H,4-5H2,(H,25,28). The molecule has 1 saturated carbocycles. The molecule has 1 aliphatic heterocycles. The number of benzene rings is 1. The number of anilines is 3. The second kappa shape index (κ2) is 6.80. The molecule has 1 aliphatic carbocycles. The molecule has 1 unspecified atom stereocenters. The molecule has 6 nitrogen and oxygen atoms in total. The van der Waals surface area contributed by atoms with Crippen LogP contribution in [0, 0.1) is 0 Å². The van der Waals surface area contributed by atoms with Gasteiger partial charge in [-0.3, -0.25) is 14.8 Å². The van der Waals surface area contributed by atoms with Crippen LogP contribution in [0.2, 0.25) is 5.02 Å². The van der Waals surface area contributed by atoms with Crippen molar-refractivity contribution in [3.63, 3.8) is 0 Å². The van der Waals surface area contributed by atoms with Crippen molar-refractivity contribution in [1.82, 2.24) is 15.3 Å². The summed E-state index contributed by atoms with van der Waals surface area (Å²) in [5, 5.41) is 7.17. The number of aromatic nitrogens is 2. The predicted octanol–water partition coefficient (Wildman–Crippen LogP) is 4.28. The fourth-order valence-electron chi connectivity index (χ4n) is 3.36. The van der Waals surface area contributed by atoms with E-state index in [1.54, 1.807) is 18.5 Å². The largest absolute Gasteiger partial charge is 0.359 e. The number of nitrogens with zero attached hydrogens (tertiary/aromatic N) is 3. The van der Waals surface area contributed by atoms with Gasteiger partial charge in [-0.15, -0.1) is 0 Å². The summed E-state index contributed by atoms with van der Waals surface area (Å²) in [6, 6.07) is 13.7. The Bertz CT molecular complexity index is 1020. The number of rotatable bonds is 4. The molecule has 7 heteroatoms. The first kappa shape index (κ1) is 17.0. The van der Waals surface area contributed by atoms with Crippen LogP contribution in [0.3, 0.4) is 0 Å². The number of hydrogen-bond acceptors (Lipinski definition) is 5. The van der Waals surface area contributed by atoms with Crippen LogP contribution in [0.25, 0.3) is 0 Å². The number of halogens is 1. The highest BCUT2D eigenvalue weighted by Crippen LogP contribution is 2.45. The fraction of sp³-hybridized carbons (Fsp3) is 0.190. The summed E-state index contributed by atoms with van der Waals surface area (Å²) in [5.41, 5.74) is 4.35. The zero-order valence-corrected chi connectivity index (χ0v) is 15.7. The summed E-state index contributed by atoms with van der Waals surface area (Å²) in [6.45, 7) is 0. The monoisotopic (exact) mass is 391 g/mol. The maximum Gasteiger partial charge on any atom is 0.270 e. The highest BCUT2D eigenvalue weighted by Gasteiger charge is 2.32. The van der Waals surface area contributed by atoms with Gasteiger partial charge in [-0.1, -0.05) is 17.7 Å². The van der Waals surface area contributed by atoms with Gasteiger partial charge < -0.3 is 15.5 Å². The van der Waals surface area contributed by atoms with Crippen LogP contribution in [-0.2, 0) is 0 Å². The van der Waals surface area contributed by atoms with Crippen molar-refractivity contribution in [1.29, 1.82) is 0 Å². The second-order valence-corrected chi connectivity index (χ2v) is 7.45. The van der Waals surface area contributed by atoms with Crippen LogP contribution in [0.15, 0.2) is 61.1 Å². The number of nitrogens with one attached hydrogen (secondary N) is 2. The van der Waals surface area contributed by atoms with Gasteiger partial charge >= 0.3 is 0 Å². The van der Waals surface area contributed by atoms with Gasteiger partial charge in [-0.2, -0.15) is 0 Å². The van der Waals surface area contributed by atoms with Crippen LogP contribution in [-0.4, -0.2) is 21.9 Å². The highest BCUT2D eigenvalue weighted by atomic mass is 35.5. The van der Waals surface area contributed by atoms with Crippen molar-refractivity contribution in [2.24, 2.45) is 0 Å². The van der Waals surface area contributed by atoms with Crippen LogP contribution < -0.4 is 15.5 Å². The van der Waals surface area contributed by atoms with Crippen LogP contribution >= 0.6 is 11.6 Å². The summed E-state index contributed by atoms with van der Waals surface area (Å²) in [4.78, 5) is 23.0. The Balaban J connectivity index is 1.47. The van der Waals surface area contributed by atoms with Crippen LogP contribution in [0.1, 0.15) is 35.1 Å². The van der Waals surface area contributed by atoms with Gasteiger partial charge in [0.2, 0.25) is 0 Å². The Kier molecular flexibility index (Phi) is 4.13. The molecule has 140 valence electrons. The summed E-state index contributed by atoms with van der Waals surface area (Å²) >= 11 is 6.07. The summed E-state index contributed by atoms with van der Waals surface area (Å²) in [5.74, 6) is -0.115. The molecule has 0 bridgehead atoms. The molecule has 5 rings (SSSR count). The van der Waals surface area contributed by atoms with E-state index < -0.39 is 0 Å². The normalized spacial score (nSPS) is 17.8. The molecule has 1 aromatic carbocycles. The third-order valence-electron chi connectivity index (χ3n) is 4.96. The van der Waals surface area contributed by atoms with Crippen LogP contribution in [0.4, 0.5) is 17.1 Å². The van der Waals surface area contributed by atoms with Crippen LogP contribution in [0.5, 0.6) is 0 Å². The molecule has 0 saturated heterocycles. The molecule has 3 aromatic rings. The summed E-state index contributed by atoms with van der Waals surface area (Å²) in [6.07, 6.45) is 7.30. The van der Waals surface area contributed by atoms with Crippen molar-refractivity contribution < 1.29 is 4.79 Å². The first-order valence-corrected chi connectivity index (χ1v) is 9.59. The Hall–Kier alpha value is -3.12. The number of hydrogen-bond donors (Lipinski definition) is 2. The summed E-state index contributed by atoms with van der Waals surface area (Å²) < 4.78 is 0. The van der Waals surface area contributed by atoms with Crippen molar-refractivity contribution in [3.05, 3.63) is 77.3 Å². The molecule has 0 spiro atoms. The quantitative estimate of drug-likeness (QED) is 0.694. The van der Waals surface area contributed by atoms with Gasteiger partial charge in [-0.25, -0.2) is 0 Å². The molecule has 2 N–H and O–H groups in total. The van der Waals surface area contributed by atoms with E-state index in [1.807, 2.05) is 42.6 Å². The van der Waals surface area contributed by atoms with Gasteiger partial charge in [-0.05, 0) is 49.2 Å². The summed E-state index contributed by atoms with van der Waals surface area (Å²) in [7, 11) is 0. The molecule has 28 heavy (non-hydrogen) atoms. The third-order valence-corrected chi connectivity index (χ3v) is 5.21. The minimum absolute atomic E-state index is 0.115. The van der Waals surface area contributed by atoms with E-state index in [4.69, 9.17) is 11.6 Å². The highest BCUT2D eigenvalue weighted by molar-refractivity contribution is 6.30.